The van der Waals surface area contributed by atoms with E-state index in [0.717, 1.165) is 15.6 Å². The third-order valence-electron chi connectivity index (χ3n) is 2.55. The lowest BCUT2D eigenvalue weighted by atomic mass is 10.2. The molecule has 0 bridgehead atoms. The number of carbonyl (C=O) groups is 1. The van der Waals surface area contributed by atoms with Crippen LogP contribution in [0.3, 0.4) is 0 Å². The van der Waals surface area contributed by atoms with Gasteiger partial charge in [-0.1, -0.05) is 17.7 Å². The quantitative estimate of drug-likeness (QED) is 0.881. The Morgan fingerprint density at radius 1 is 1.37 bits per heavy atom. The molecule has 0 aliphatic rings. The highest BCUT2D eigenvalue weighted by Gasteiger charge is 2.04. The van der Waals surface area contributed by atoms with Crippen LogP contribution in [-0.4, -0.2) is 12.5 Å². The molecule has 3 nitrogen and oxygen atoms in total. The summed E-state index contributed by atoms with van der Waals surface area (Å²) < 4.78 is 0. The molecule has 2 aromatic rings. The van der Waals surface area contributed by atoms with Crippen molar-refractivity contribution in [2.75, 3.05) is 11.9 Å². The van der Waals surface area contributed by atoms with Crippen molar-refractivity contribution in [3.8, 4) is 0 Å². The van der Waals surface area contributed by atoms with Crippen molar-refractivity contribution >= 4 is 34.5 Å². The fourth-order valence-electron chi connectivity index (χ4n) is 1.67. The van der Waals surface area contributed by atoms with Gasteiger partial charge in [-0.3, -0.25) is 4.79 Å². The van der Waals surface area contributed by atoms with Crippen LogP contribution in [0, 0.1) is 0 Å². The van der Waals surface area contributed by atoms with Crippen LogP contribution in [0.25, 0.3) is 0 Å². The van der Waals surface area contributed by atoms with E-state index in [0.29, 0.717) is 18.7 Å². The summed E-state index contributed by atoms with van der Waals surface area (Å²) in [5.41, 5.74) is 1.59. The molecule has 0 fully saturated rings. The van der Waals surface area contributed by atoms with E-state index in [1.807, 2.05) is 36.6 Å². The third kappa shape index (κ3) is 3.98. The second-order valence-electron chi connectivity index (χ2n) is 4.03. The number of rotatable bonds is 5. The van der Waals surface area contributed by atoms with Crippen LogP contribution < -0.4 is 10.6 Å². The van der Waals surface area contributed by atoms with Gasteiger partial charge in [0.25, 0.3) is 5.91 Å². The molecule has 0 saturated heterocycles. The first-order valence-electron chi connectivity index (χ1n) is 6.04. The molecule has 1 amide bonds. The van der Waals surface area contributed by atoms with Crippen LogP contribution in [0.2, 0.25) is 5.02 Å². The molecule has 0 spiro atoms. The van der Waals surface area contributed by atoms with Crippen molar-refractivity contribution in [2.24, 2.45) is 0 Å². The molecule has 1 aromatic carbocycles. The van der Waals surface area contributed by atoms with E-state index in [-0.39, 0.29) is 5.91 Å². The predicted molar refractivity (Wildman–Crippen MR) is 81.1 cm³/mol. The third-order valence-corrected chi connectivity index (χ3v) is 3.83. The van der Waals surface area contributed by atoms with Gasteiger partial charge in [-0.2, -0.15) is 0 Å². The molecule has 1 aromatic heterocycles. The SMILES string of the molecule is CCNC(=O)c1cccc(NCc2cc(Cl)cs2)c1. The molecule has 5 heteroatoms. The summed E-state index contributed by atoms with van der Waals surface area (Å²) in [4.78, 5) is 12.9. The lowest BCUT2D eigenvalue weighted by Crippen LogP contribution is -2.22. The lowest BCUT2D eigenvalue weighted by Gasteiger charge is -2.07. The van der Waals surface area contributed by atoms with Gasteiger partial charge >= 0.3 is 0 Å². The first-order valence-corrected chi connectivity index (χ1v) is 7.30. The molecule has 2 N–H and O–H groups in total. The van der Waals surface area contributed by atoms with Crippen LogP contribution in [0.1, 0.15) is 22.2 Å². The van der Waals surface area contributed by atoms with Crippen molar-refractivity contribution in [2.45, 2.75) is 13.5 Å². The van der Waals surface area contributed by atoms with Gasteiger partial charge in [0.05, 0.1) is 5.02 Å². The van der Waals surface area contributed by atoms with Gasteiger partial charge in [0.1, 0.15) is 0 Å². The Labute approximate surface area is 121 Å². The summed E-state index contributed by atoms with van der Waals surface area (Å²) in [6.07, 6.45) is 0. The Kier molecular flexibility index (Phi) is 4.82. The maximum absolute atomic E-state index is 11.7. The number of anilines is 1. The standard InChI is InChI=1S/C14H15ClN2OS/c1-2-16-14(18)10-4-3-5-12(6-10)17-8-13-7-11(15)9-19-13/h3-7,9,17H,2,8H2,1H3,(H,16,18). The molecular formula is C14H15ClN2OS. The Bertz CT molecular complexity index is 568. The van der Waals surface area contributed by atoms with Gasteiger partial charge in [-0.15, -0.1) is 11.3 Å². The molecule has 2 rings (SSSR count). The van der Waals surface area contributed by atoms with E-state index in [9.17, 15) is 4.79 Å². The Morgan fingerprint density at radius 3 is 2.89 bits per heavy atom. The van der Waals surface area contributed by atoms with Gasteiger partial charge in [0.2, 0.25) is 0 Å². The first-order chi connectivity index (χ1) is 9.19. The van der Waals surface area contributed by atoms with E-state index in [1.54, 1.807) is 17.4 Å². The van der Waals surface area contributed by atoms with Gasteiger partial charge in [0.15, 0.2) is 0 Å². The van der Waals surface area contributed by atoms with Crippen molar-refractivity contribution in [1.29, 1.82) is 0 Å². The summed E-state index contributed by atoms with van der Waals surface area (Å²) in [7, 11) is 0. The van der Waals surface area contributed by atoms with E-state index >= 15 is 0 Å². The number of nitrogens with one attached hydrogen (secondary N) is 2. The zero-order chi connectivity index (χ0) is 13.7. The predicted octanol–water partition coefficient (Wildman–Crippen LogP) is 3.76. The summed E-state index contributed by atoms with van der Waals surface area (Å²) in [6.45, 7) is 3.24. The molecule has 0 atom stereocenters. The van der Waals surface area contributed by atoms with Crippen molar-refractivity contribution in [1.82, 2.24) is 5.32 Å². The highest BCUT2D eigenvalue weighted by molar-refractivity contribution is 7.10. The van der Waals surface area contributed by atoms with Crippen LogP contribution >= 0.6 is 22.9 Å². The second-order valence-corrected chi connectivity index (χ2v) is 5.46. The highest BCUT2D eigenvalue weighted by Crippen LogP contribution is 2.20. The number of halogens is 1. The van der Waals surface area contributed by atoms with E-state index in [2.05, 4.69) is 10.6 Å². The van der Waals surface area contributed by atoms with E-state index in [4.69, 9.17) is 11.6 Å². The summed E-state index contributed by atoms with van der Waals surface area (Å²) >= 11 is 7.49. The lowest BCUT2D eigenvalue weighted by molar-refractivity contribution is 0.0956. The minimum Gasteiger partial charge on any atom is -0.380 e. The van der Waals surface area contributed by atoms with Gasteiger partial charge in [-0.25, -0.2) is 0 Å². The zero-order valence-electron chi connectivity index (χ0n) is 10.6. The molecule has 0 radical (unpaired) electrons. The molecule has 0 aliphatic carbocycles. The van der Waals surface area contributed by atoms with Crippen LogP contribution in [0.4, 0.5) is 5.69 Å². The fraction of sp³-hybridized carbons (Fsp3) is 0.214. The van der Waals surface area contributed by atoms with Crippen LogP contribution in [0.15, 0.2) is 35.7 Å². The molecule has 19 heavy (non-hydrogen) atoms. The smallest absolute Gasteiger partial charge is 0.251 e. The minimum absolute atomic E-state index is 0.0506. The van der Waals surface area contributed by atoms with Gasteiger partial charge in [-0.05, 0) is 31.2 Å². The number of benzene rings is 1. The van der Waals surface area contributed by atoms with Crippen molar-refractivity contribution < 1.29 is 4.79 Å². The molecule has 0 aliphatic heterocycles. The number of hydrogen-bond acceptors (Lipinski definition) is 3. The largest absolute Gasteiger partial charge is 0.380 e. The van der Waals surface area contributed by atoms with E-state index in [1.165, 1.54) is 0 Å². The molecule has 100 valence electrons. The number of carbonyl (C=O) groups excluding carboxylic acids is 1. The van der Waals surface area contributed by atoms with Crippen molar-refractivity contribution in [3.05, 3.63) is 51.2 Å². The maximum Gasteiger partial charge on any atom is 0.251 e. The van der Waals surface area contributed by atoms with E-state index < -0.39 is 0 Å². The molecule has 0 saturated carbocycles. The fourth-order valence-corrected chi connectivity index (χ4v) is 2.68. The average Bonchev–Trinajstić information content (AvgIpc) is 2.83. The highest BCUT2D eigenvalue weighted by atomic mass is 35.5. The number of thiophene rings is 1. The Morgan fingerprint density at radius 2 is 2.21 bits per heavy atom. The topological polar surface area (TPSA) is 41.1 Å². The molecular weight excluding hydrogens is 280 g/mol. The van der Waals surface area contributed by atoms with Gasteiger partial charge < -0.3 is 10.6 Å². The number of amides is 1. The Hall–Kier alpha value is -1.52. The second kappa shape index (κ2) is 6.59. The summed E-state index contributed by atoms with van der Waals surface area (Å²) in [5.74, 6) is -0.0506. The summed E-state index contributed by atoms with van der Waals surface area (Å²) in [6, 6.07) is 9.40. The molecule has 1 heterocycles. The van der Waals surface area contributed by atoms with Crippen LogP contribution in [-0.2, 0) is 6.54 Å². The average molecular weight is 295 g/mol. The minimum atomic E-state index is -0.0506. The normalized spacial score (nSPS) is 10.2. The van der Waals surface area contributed by atoms with Gasteiger partial charge in [0, 0.05) is 34.6 Å². The number of hydrogen-bond donors (Lipinski definition) is 2. The zero-order valence-corrected chi connectivity index (χ0v) is 12.1. The first kappa shape index (κ1) is 13.9. The Balaban J connectivity index is 2.00. The maximum atomic E-state index is 11.7. The van der Waals surface area contributed by atoms with Crippen molar-refractivity contribution in [3.63, 3.8) is 0 Å². The monoisotopic (exact) mass is 294 g/mol. The summed E-state index contributed by atoms with van der Waals surface area (Å²) in [5, 5.41) is 8.74. The molecule has 0 unspecified atom stereocenters. The van der Waals surface area contributed by atoms with Crippen LogP contribution in [0.5, 0.6) is 0 Å².